The summed E-state index contributed by atoms with van der Waals surface area (Å²) in [7, 11) is 0. The van der Waals surface area contributed by atoms with Gasteiger partial charge in [0, 0.05) is 4.47 Å². The van der Waals surface area contributed by atoms with E-state index in [2.05, 4.69) is 15.9 Å². The SMILES string of the molecule is CCOC(=O)C1=C(C)N=c2s/c(=C\c3cccc(OCc4ccc(Br)cc4)c3)c(=O)n2[C@@H]1c1cccc2ccccc12. The van der Waals surface area contributed by atoms with Crippen LogP contribution in [0.25, 0.3) is 16.8 Å². The minimum Gasteiger partial charge on any atom is -0.489 e. The fourth-order valence-electron chi connectivity index (χ4n) is 5.17. The van der Waals surface area contributed by atoms with Gasteiger partial charge in [-0.2, -0.15) is 0 Å². The van der Waals surface area contributed by atoms with Crippen LogP contribution in [0, 0.1) is 0 Å². The number of nitrogens with zero attached hydrogens (tertiary/aromatic N) is 2. The minimum absolute atomic E-state index is 0.216. The van der Waals surface area contributed by atoms with E-state index in [9.17, 15) is 9.59 Å². The van der Waals surface area contributed by atoms with E-state index in [0.29, 0.717) is 33.0 Å². The topological polar surface area (TPSA) is 69.9 Å². The van der Waals surface area contributed by atoms with Crippen LogP contribution in [0.2, 0.25) is 0 Å². The van der Waals surface area contributed by atoms with Gasteiger partial charge in [0.1, 0.15) is 12.4 Å². The average Bonchev–Trinajstić information content (AvgIpc) is 3.30. The number of carbonyl (C=O) groups excluding carboxylic acids is 1. The van der Waals surface area contributed by atoms with Crippen molar-refractivity contribution >= 4 is 50.1 Å². The number of esters is 1. The molecule has 0 unspecified atom stereocenters. The monoisotopic (exact) mass is 638 g/mol. The standard InChI is InChI=1S/C34H27BrN2O4S/c1-3-40-33(39)30-21(2)36-34-37(31(30)28-13-7-10-24-9-4-5-12-27(24)28)32(38)29(42-34)19-23-8-6-11-26(18-23)41-20-22-14-16-25(35)17-15-22/h4-19,31H,3,20H2,1-2H3/b29-19-/t31-/m1/s1. The van der Waals surface area contributed by atoms with Crippen LogP contribution in [0.5, 0.6) is 5.75 Å². The van der Waals surface area contributed by atoms with Crippen molar-refractivity contribution in [3.63, 3.8) is 0 Å². The molecule has 6 nitrogen and oxygen atoms in total. The zero-order valence-corrected chi connectivity index (χ0v) is 25.4. The van der Waals surface area contributed by atoms with E-state index < -0.39 is 12.0 Å². The van der Waals surface area contributed by atoms with Crippen molar-refractivity contribution < 1.29 is 14.3 Å². The van der Waals surface area contributed by atoms with Crippen LogP contribution in [0.4, 0.5) is 0 Å². The number of thiazole rings is 1. The Labute approximate surface area is 255 Å². The first-order valence-electron chi connectivity index (χ1n) is 13.6. The van der Waals surface area contributed by atoms with Gasteiger partial charge in [-0.1, -0.05) is 94.0 Å². The summed E-state index contributed by atoms with van der Waals surface area (Å²) in [6, 6.07) is 28.9. The highest BCUT2D eigenvalue weighted by Gasteiger charge is 2.34. The number of carbonyl (C=O) groups is 1. The first-order valence-corrected chi connectivity index (χ1v) is 15.2. The van der Waals surface area contributed by atoms with Crippen LogP contribution >= 0.6 is 27.3 Å². The second-order valence-corrected chi connectivity index (χ2v) is 11.8. The molecule has 1 aliphatic heterocycles. The molecule has 0 bridgehead atoms. The number of allylic oxidation sites excluding steroid dienone is 1. The molecule has 1 atom stereocenters. The lowest BCUT2D eigenvalue weighted by Gasteiger charge is -2.25. The van der Waals surface area contributed by atoms with E-state index in [1.165, 1.54) is 11.3 Å². The highest BCUT2D eigenvalue weighted by molar-refractivity contribution is 9.10. The minimum atomic E-state index is -0.672. The predicted molar refractivity (Wildman–Crippen MR) is 169 cm³/mol. The molecule has 4 aromatic carbocycles. The summed E-state index contributed by atoms with van der Waals surface area (Å²) in [5, 5.41) is 1.99. The number of halogens is 1. The molecule has 8 heteroatoms. The first-order chi connectivity index (χ1) is 20.4. The summed E-state index contributed by atoms with van der Waals surface area (Å²) in [5.41, 5.74) is 3.43. The Balaban J connectivity index is 1.44. The van der Waals surface area contributed by atoms with Gasteiger partial charge in [-0.05, 0) is 71.7 Å². The highest BCUT2D eigenvalue weighted by atomic mass is 79.9. The Hall–Kier alpha value is -4.27. The summed E-state index contributed by atoms with van der Waals surface area (Å²) < 4.78 is 14.6. The van der Waals surface area contributed by atoms with E-state index in [4.69, 9.17) is 14.5 Å². The Morgan fingerprint density at radius 3 is 2.60 bits per heavy atom. The van der Waals surface area contributed by atoms with E-state index in [0.717, 1.165) is 31.9 Å². The maximum Gasteiger partial charge on any atom is 0.338 e. The van der Waals surface area contributed by atoms with Gasteiger partial charge in [0.25, 0.3) is 5.56 Å². The van der Waals surface area contributed by atoms with Gasteiger partial charge in [-0.15, -0.1) is 0 Å². The first kappa shape index (κ1) is 27.9. The number of hydrogen-bond acceptors (Lipinski definition) is 6. The van der Waals surface area contributed by atoms with Crippen molar-refractivity contribution in [2.24, 2.45) is 4.99 Å². The van der Waals surface area contributed by atoms with Crippen molar-refractivity contribution in [3.8, 4) is 5.75 Å². The maximum absolute atomic E-state index is 14.1. The molecule has 5 aromatic rings. The third kappa shape index (κ3) is 5.47. The predicted octanol–water partition coefficient (Wildman–Crippen LogP) is 6.29. The zero-order chi connectivity index (χ0) is 29.2. The molecule has 1 aromatic heterocycles. The highest BCUT2D eigenvalue weighted by Crippen LogP contribution is 2.34. The average molecular weight is 640 g/mol. The Morgan fingerprint density at radius 2 is 1.79 bits per heavy atom. The number of hydrogen-bond donors (Lipinski definition) is 0. The van der Waals surface area contributed by atoms with Crippen LogP contribution in [-0.4, -0.2) is 17.1 Å². The van der Waals surface area contributed by atoms with Crippen LogP contribution in [0.1, 0.15) is 36.6 Å². The van der Waals surface area contributed by atoms with Gasteiger partial charge in [0.2, 0.25) is 0 Å². The fraction of sp³-hybridized carbons (Fsp3) is 0.147. The Bertz CT molecular complexity index is 2020. The van der Waals surface area contributed by atoms with Crippen molar-refractivity contribution in [2.45, 2.75) is 26.5 Å². The molecule has 6 rings (SSSR count). The summed E-state index contributed by atoms with van der Waals surface area (Å²) in [4.78, 5) is 32.6. The van der Waals surface area contributed by atoms with Gasteiger partial charge in [-0.25, -0.2) is 9.79 Å². The molecule has 0 fully saturated rings. The van der Waals surface area contributed by atoms with Crippen LogP contribution < -0.4 is 19.6 Å². The summed E-state index contributed by atoms with van der Waals surface area (Å²) in [6.45, 7) is 4.22. The van der Waals surface area contributed by atoms with E-state index in [1.54, 1.807) is 18.4 Å². The van der Waals surface area contributed by atoms with Crippen LogP contribution in [0.3, 0.4) is 0 Å². The van der Waals surface area contributed by atoms with E-state index >= 15 is 0 Å². The third-order valence-corrected chi connectivity index (χ3v) is 8.62. The van der Waals surface area contributed by atoms with Crippen molar-refractivity contribution in [2.75, 3.05) is 6.61 Å². The lowest BCUT2D eigenvalue weighted by molar-refractivity contribution is -0.139. The molecule has 1 aliphatic rings. The summed E-state index contributed by atoms with van der Waals surface area (Å²) >= 11 is 4.76. The molecule has 0 N–H and O–H groups in total. The number of ether oxygens (including phenoxy) is 2. The zero-order valence-electron chi connectivity index (χ0n) is 23.0. The third-order valence-electron chi connectivity index (χ3n) is 7.11. The Kier molecular flexibility index (Phi) is 7.91. The van der Waals surface area contributed by atoms with E-state index in [1.807, 2.05) is 97.1 Å². The van der Waals surface area contributed by atoms with Gasteiger partial charge in [-0.3, -0.25) is 9.36 Å². The molecule has 0 spiro atoms. The molecular formula is C34H27BrN2O4S. The lowest BCUT2D eigenvalue weighted by Crippen LogP contribution is -2.40. The molecule has 2 heterocycles. The second kappa shape index (κ2) is 11.9. The Morgan fingerprint density at radius 1 is 1.02 bits per heavy atom. The molecule has 42 heavy (non-hydrogen) atoms. The number of fused-ring (bicyclic) bond motifs is 2. The lowest BCUT2D eigenvalue weighted by atomic mass is 9.91. The van der Waals surface area contributed by atoms with E-state index in [-0.39, 0.29) is 12.2 Å². The van der Waals surface area contributed by atoms with Crippen molar-refractivity contribution in [3.05, 3.63) is 143 Å². The van der Waals surface area contributed by atoms with Gasteiger partial charge in [0.15, 0.2) is 4.80 Å². The number of rotatable bonds is 7. The molecular weight excluding hydrogens is 612 g/mol. The molecule has 0 amide bonds. The summed E-state index contributed by atoms with van der Waals surface area (Å²) in [6.07, 6.45) is 1.85. The molecule has 0 saturated carbocycles. The van der Waals surface area contributed by atoms with Crippen molar-refractivity contribution in [1.82, 2.24) is 4.57 Å². The van der Waals surface area contributed by atoms with Crippen molar-refractivity contribution in [1.29, 1.82) is 0 Å². The fourth-order valence-corrected chi connectivity index (χ4v) is 6.48. The number of aromatic nitrogens is 1. The van der Waals surface area contributed by atoms with Gasteiger partial charge < -0.3 is 9.47 Å². The van der Waals surface area contributed by atoms with Gasteiger partial charge in [0.05, 0.1) is 28.5 Å². The molecule has 0 aliphatic carbocycles. The largest absolute Gasteiger partial charge is 0.489 e. The second-order valence-electron chi connectivity index (χ2n) is 9.86. The van der Waals surface area contributed by atoms with Crippen LogP contribution in [0.15, 0.2) is 117 Å². The van der Waals surface area contributed by atoms with Crippen LogP contribution in [-0.2, 0) is 16.1 Å². The normalized spacial score (nSPS) is 14.9. The summed E-state index contributed by atoms with van der Waals surface area (Å²) in [5.74, 6) is 0.232. The maximum atomic E-state index is 14.1. The molecule has 210 valence electrons. The number of benzene rings is 4. The van der Waals surface area contributed by atoms with Gasteiger partial charge >= 0.3 is 5.97 Å². The smallest absolute Gasteiger partial charge is 0.338 e. The molecule has 0 radical (unpaired) electrons. The molecule has 0 saturated heterocycles. The quantitative estimate of drug-likeness (QED) is 0.196.